The number of nitriles is 1. The van der Waals surface area contributed by atoms with Crippen molar-refractivity contribution in [2.45, 2.75) is 0 Å². The Balaban J connectivity index is 1.80. The predicted molar refractivity (Wildman–Crippen MR) is 102 cm³/mol. The van der Waals surface area contributed by atoms with Crippen molar-refractivity contribution in [3.05, 3.63) is 59.7 Å². The molecule has 0 aromatic heterocycles. The summed E-state index contributed by atoms with van der Waals surface area (Å²) in [6.07, 6.45) is 2.82. The molecule has 28 heavy (non-hydrogen) atoms. The zero-order valence-electron chi connectivity index (χ0n) is 15.4. The third kappa shape index (κ3) is 6.38. The van der Waals surface area contributed by atoms with E-state index in [1.54, 1.807) is 48.5 Å². The summed E-state index contributed by atoms with van der Waals surface area (Å²) in [5.41, 5.74) is 5.68. The van der Waals surface area contributed by atoms with Crippen LogP contribution in [0.5, 0.6) is 17.2 Å². The molecule has 0 radical (unpaired) electrons. The van der Waals surface area contributed by atoms with Gasteiger partial charge >= 0.3 is 0 Å². The maximum Gasteiger partial charge on any atom is 0.276 e. The number of hydrazine groups is 1. The van der Waals surface area contributed by atoms with E-state index in [4.69, 9.17) is 19.5 Å². The van der Waals surface area contributed by atoms with Gasteiger partial charge in [-0.1, -0.05) is 0 Å². The lowest BCUT2D eigenvalue weighted by molar-refractivity contribution is -0.128. The number of carbonyl (C=O) groups excluding carboxylic acids is 2. The van der Waals surface area contributed by atoms with Gasteiger partial charge < -0.3 is 14.2 Å². The Morgan fingerprint density at radius 3 is 2.21 bits per heavy atom. The summed E-state index contributed by atoms with van der Waals surface area (Å²) in [7, 11) is 3.06. The van der Waals surface area contributed by atoms with Crippen LogP contribution in [0.2, 0.25) is 0 Å². The highest BCUT2D eigenvalue weighted by Crippen LogP contribution is 2.23. The van der Waals surface area contributed by atoms with Crippen molar-refractivity contribution in [1.29, 1.82) is 5.26 Å². The molecule has 0 heterocycles. The summed E-state index contributed by atoms with van der Waals surface area (Å²) in [4.78, 5) is 23.6. The molecule has 2 aromatic carbocycles. The fourth-order valence-electron chi connectivity index (χ4n) is 2.08. The summed E-state index contributed by atoms with van der Waals surface area (Å²) in [6, 6.07) is 13.5. The number of hydrogen-bond acceptors (Lipinski definition) is 6. The van der Waals surface area contributed by atoms with Crippen molar-refractivity contribution >= 4 is 17.9 Å². The second-order valence-corrected chi connectivity index (χ2v) is 5.44. The Kier molecular flexibility index (Phi) is 7.43. The molecular formula is C20H19N3O5. The first-order chi connectivity index (χ1) is 13.5. The van der Waals surface area contributed by atoms with Gasteiger partial charge in [0.2, 0.25) is 0 Å². The van der Waals surface area contributed by atoms with E-state index < -0.39 is 11.8 Å². The second kappa shape index (κ2) is 10.2. The summed E-state index contributed by atoms with van der Waals surface area (Å²) in [5.74, 6) is 0.565. The number of methoxy groups -OCH3 is 2. The van der Waals surface area contributed by atoms with E-state index in [0.29, 0.717) is 28.4 Å². The fourth-order valence-corrected chi connectivity index (χ4v) is 2.08. The molecule has 2 aromatic rings. The van der Waals surface area contributed by atoms with Gasteiger partial charge in [-0.2, -0.15) is 5.26 Å². The van der Waals surface area contributed by atoms with Gasteiger partial charge in [-0.25, -0.2) is 0 Å². The summed E-state index contributed by atoms with van der Waals surface area (Å²) < 4.78 is 15.6. The minimum Gasteiger partial charge on any atom is -0.497 e. The third-order valence-electron chi connectivity index (χ3n) is 3.48. The number of ether oxygens (including phenoxy) is 3. The van der Waals surface area contributed by atoms with Crippen LogP contribution in [-0.2, 0) is 9.59 Å². The van der Waals surface area contributed by atoms with Crippen LogP contribution >= 0.6 is 0 Å². The Hall–Kier alpha value is -3.99. The molecule has 0 spiro atoms. The molecule has 0 fully saturated rings. The molecule has 0 atom stereocenters. The van der Waals surface area contributed by atoms with Gasteiger partial charge in [-0.05, 0) is 48.0 Å². The van der Waals surface area contributed by atoms with Crippen LogP contribution in [0.25, 0.3) is 6.08 Å². The topological polar surface area (TPSA) is 110 Å². The van der Waals surface area contributed by atoms with E-state index in [1.165, 1.54) is 20.3 Å². The molecule has 2 amide bonds. The molecule has 0 unspecified atom stereocenters. The lowest BCUT2D eigenvalue weighted by atomic mass is 10.2. The lowest BCUT2D eigenvalue weighted by Crippen LogP contribution is -2.43. The number of carbonyl (C=O) groups is 2. The molecule has 8 heteroatoms. The Morgan fingerprint density at radius 2 is 1.64 bits per heavy atom. The molecule has 0 saturated carbocycles. The quantitative estimate of drug-likeness (QED) is 0.559. The van der Waals surface area contributed by atoms with Crippen molar-refractivity contribution in [2.75, 3.05) is 20.8 Å². The maximum atomic E-state index is 11.8. The highest BCUT2D eigenvalue weighted by Gasteiger charge is 2.05. The molecule has 144 valence electrons. The molecule has 0 saturated heterocycles. The molecule has 8 nitrogen and oxygen atoms in total. The van der Waals surface area contributed by atoms with Gasteiger partial charge in [-0.15, -0.1) is 0 Å². The summed E-state index contributed by atoms with van der Waals surface area (Å²) in [5, 5.41) is 8.72. The zero-order valence-corrected chi connectivity index (χ0v) is 15.4. The van der Waals surface area contributed by atoms with Crippen LogP contribution in [0.1, 0.15) is 11.1 Å². The van der Waals surface area contributed by atoms with E-state index in [0.717, 1.165) is 0 Å². The molecule has 2 N–H and O–H groups in total. The molecule has 0 aliphatic heterocycles. The predicted octanol–water partition coefficient (Wildman–Crippen LogP) is 1.82. The van der Waals surface area contributed by atoms with Crippen molar-refractivity contribution in [3.8, 4) is 23.3 Å². The smallest absolute Gasteiger partial charge is 0.276 e. The van der Waals surface area contributed by atoms with Gasteiger partial charge in [0, 0.05) is 12.1 Å². The minimum absolute atomic E-state index is 0.289. The van der Waals surface area contributed by atoms with E-state index in [2.05, 4.69) is 10.9 Å². The number of nitrogens with zero attached hydrogens (tertiary/aromatic N) is 1. The highest BCUT2D eigenvalue weighted by atomic mass is 16.5. The van der Waals surface area contributed by atoms with Gasteiger partial charge in [0.25, 0.3) is 11.8 Å². The van der Waals surface area contributed by atoms with E-state index in [9.17, 15) is 9.59 Å². The first kappa shape index (κ1) is 20.3. The van der Waals surface area contributed by atoms with E-state index >= 15 is 0 Å². The number of rotatable bonds is 7. The lowest BCUT2D eigenvalue weighted by Gasteiger charge is -2.08. The minimum atomic E-state index is -0.533. The Bertz CT molecular complexity index is 879. The van der Waals surface area contributed by atoms with Crippen molar-refractivity contribution in [3.63, 3.8) is 0 Å². The molecular weight excluding hydrogens is 362 g/mol. The molecule has 0 aliphatic carbocycles. The maximum absolute atomic E-state index is 11.8. The largest absolute Gasteiger partial charge is 0.497 e. The van der Waals surface area contributed by atoms with Crippen LogP contribution in [0.15, 0.2) is 48.5 Å². The highest BCUT2D eigenvalue weighted by molar-refractivity contribution is 5.93. The molecule has 0 bridgehead atoms. The number of nitrogens with one attached hydrogen (secondary N) is 2. The second-order valence-electron chi connectivity index (χ2n) is 5.44. The SMILES string of the molecule is COc1cc(/C=C/C(=O)NNC(=O)COc2ccc(C#N)cc2)cc(OC)c1. The van der Waals surface area contributed by atoms with E-state index in [1.807, 2.05) is 6.07 Å². The Labute approximate surface area is 162 Å². The average molecular weight is 381 g/mol. The van der Waals surface area contributed by atoms with Crippen molar-refractivity contribution < 1.29 is 23.8 Å². The van der Waals surface area contributed by atoms with Crippen LogP contribution in [0.3, 0.4) is 0 Å². The van der Waals surface area contributed by atoms with Crippen LogP contribution in [0, 0.1) is 11.3 Å². The van der Waals surface area contributed by atoms with Crippen LogP contribution < -0.4 is 25.1 Å². The Morgan fingerprint density at radius 1 is 1.00 bits per heavy atom. The average Bonchev–Trinajstić information content (AvgIpc) is 2.74. The summed E-state index contributed by atoms with van der Waals surface area (Å²) >= 11 is 0. The zero-order chi connectivity index (χ0) is 20.4. The fraction of sp³-hybridized carbons (Fsp3) is 0.150. The van der Waals surface area contributed by atoms with Gasteiger partial charge in [0.05, 0.1) is 25.9 Å². The number of amides is 2. The van der Waals surface area contributed by atoms with E-state index in [-0.39, 0.29) is 6.61 Å². The van der Waals surface area contributed by atoms with Crippen LogP contribution in [-0.4, -0.2) is 32.6 Å². The monoisotopic (exact) mass is 381 g/mol. The summed E-state index contributed by atoms with van der Waals surface area (Å²) in [6.45, 7) is -0.289. The number of benzene rings is 2. The van der Waals surface area contributed by atoms with Gasteiger partial charge in [0.1, 0.15) is 17.2 Å². The third-order valence-corrected chi connectivity index (χ3v) is 3.48. The standard InChI is InChI=1S/C20H19N3O5/c1-26-17-9-15(10-18(11-17)27-2)5-8-19(24)22-23-20(25)13-28-16-6-3-14(12-21)4-7-16/h3-11H,13H2,1-2H3,(H,22,24)(H,23,25)/b8-5+. The first-order valence-electron chi connectivity index (χ1n) is 8.17. The molecule has 0 aliphatic rings. The van der Waals surface area contributed by atoms with Gasteiger partial charge in [-0.3, -0.25) is 20.4 Å². The van der Waals surface area contributed by atoms with Crippen molar-refractivity contribution in [2.24, 2.45) is 0 Å². The normalized spacial score (nSPS) is 10.0. The number of hydrogen-bond donors (Lipinski definition) is 2. The molecule has 2 rings (SSSR count). The van der Waals surface area contributed by atoms with Gasteiger partial charge in [0.15, 0.2) is 6.61 Å². The first-order valence-corrected chi connectivity index (χ1v) is 8.17. The van der Waals surface area contributed by atoms with Crippen LogP contribution in [0.4, 0.5) is 0 Å². The van der Waals surface area contributed by atoms with Crippen molar-refractivity contribution in [1.82, 2.24) is 10.9 Å².